The SMILES string of the molecule is CC1(C)C(=O)CCC2CC=CCC(C#N)(C#N)C21. The third-order valence-corrected chi connectivity index (χ3v) is 4.69. The van der Waals surface area contributed by atoms with Crippen LogP contribution in [0.2, 0.25) is 0 Å². The van der Waals surface area contributed by atoms with Gasteiger partial charge in [0.05, 0.1) is 12.1 Å². The number of ketones is 1. The van der Waals surface area contributed by atoms with Gasteiger partial charge in [0.1, 0.15) is 5.78 Å². The van der Waals surface area contributed by atoms with Gasteiger partial charge >= 0.3 is 0 Å². The van der Waals surface area contributed by atoms with Gasteiger partial charge < -0.3 is 0 Å². The Morgan fingerprint density at radius 3 is 2.56 bits per heavy atom. The molecule has 18 heavy (non-hydrogen) atoms. The third kappa shape index (κ3) is 1.66. The molecule has 0 saturated heterocycles. The van der Waals surface area contributed by atoms with Gasteiger partial charge in [-0.2, -0.15) is 10.5 Å². The fourth-order valence-electron chi connectivity index (χ4n) is 3.76. The van der Waals surface area contributed by atoms with Gasteiger partial charge in [-0.15, -0.1) is 0 Å². The molecule has 0 radical (unpaired) electrons. The largest absolute Gasteiger partial charge is 0.299 e. The van der Waals surface area contributed by atoms with Gasteiger partial charge in [0.25, 0.3) is 0 Å². The second-order valence-electron chi connectivity index (χ2n) is 6.03. The molecule has 0 bridgehead atoms. The first-order chi connectivity index (χ1) is 8.48. The van der Waals surface area contributed by atoms with Crippen molar-refractivity contribution in [3.63, 3.8) is 0 Å². The summed E-state index contributed by atoms with van der Waals surface area (Å²) in [7, 11) is 0. The molecule has 1 saturated carbocycles. The summed E-state index contributed by atoms with van der Waals surface area (Å²) in [5.74, 6) is 0.313. The van der Waals surface area contributed by atoms with Gasteiger partial charge in [0.15, 0.2) is 5.41 Å². The number of hydrogen-bond acceptors (Lipinski definition) is 3. The van der Waals surface area contributed by atoms with Gasteiger partial charge in [-0.3, -0.25) is 4.79 Å². The molecule has 0 aromatic heterocycles. The molecule has 94 valence electrons. The average Bonchev–Trinajstić information content (AvgIpc) is 2.54. The number of allylic oxidation sites excluding steroid dienone is 2. The molecule has 0 aliphatic heterocycles. The van der Waals surface area contributed by atoms with Crippen LogP contribution in [0.25, 0.3) is 0 Å². The monoisotopic (exact) mass is 242 g/mol. The van der Waals surface area contributed by atoms with Crippen LogP contribution >= 0.6 is 0 Å². The van der Waals surface area contributed by atoms with Crippen molar-refractivity contribution in [1.29, 1.82) is 10.5 Å². The number of carbonyl (C=O) groups is 1. The summed E-state index contributed by atoms with van der Waals surface area (Å²) in [6, 6.07) is 4.44. The molecule has 3 nitrogen and oxygen atoms in total. The molecule has 1 fully saturated rings. The Bertz CT molecular complexity index is 462. The van der Waals surface area contributed by atoms with E-state index in [-0.39, 0.29) is 17.6 Å². The van der Waals surface area contributed by atoms with Crippen molar-refractivity contribution in [1.82, 2.24) is 0 Å². The molecular weight excluding hydrogens is 224 g/mol. The predicted octanol–water partition coefficient (Wildman–Crippen LogP) is 2.99. The maximum absolute atomic E-state index is 12.2. The van der Waals surface area contributed by atoms with Gasteiger partial charge in [0, 0.05) is 17.8 Å². The van der Waals surface area contributed by atoms with Crippen LogP contribution in [0.3, 0.4) is 0 Å². The predicted molar refractivity (Wildman–Crippen MR) is 67.0 cm³/mol. The number of hydrogen-bond donors (Lipinski definition) is 0. The van der Waals surface area contributed by atoms with Crippen LogP contribution in [0.4, 0.5) is 0 Å². The van der Waals surface area contributed by atoms with Crippen LogP contribution in [-0.4, -0.2) is 5.78 Å². The van der Waals surface area contributed by atoms with E-state index in [9.17, 15) is 15.3 Å². The molecule has 0 aromatic carbocycles. The Balaban J connectivity index is 2.55. The van der Waals surface area contributed by atoms with Gasteiger partial charge in [-0.25, -0.2) is 0 Å². The van der Waals surface area contributed by atoms with E-state index in [4.69, 9.17) is 0 Å². The molecule has 2 aliphatic carbocycles. The highest BCUT2D eigenvalue weighted by atomic mass is 16.1. The van der Waals surface area contributed by atoms with E-state index in [0.29, 0.717) is 12.8 Å². The van der Waals surface area contributed by atoms with Crippen molar-refractivity contribution in [2.75, 3.05) is 0 Å². The zero-order valence-corrected chi connectivity index (χ0v) is 10.9. The number of nitrogens with zero attached hydrogens (tertiary/aromatic N) is 2. The highest BCUT2D eigenvalue weighted by molar-refractivity contribution is 5.85. The molecule has 0 N–H and O–H groups in total. The summed E-state index contributed by atoms with van der Waals surface area (Å²) < 4.78 is 0. The van der Waals surface area contributed by atoms with E-state index in [0.717, 1.165) is 12.8 Å². The number of nitriles is 2. The first-order valence-corrected chi connectivity index (χ1v) is 6.49. The van der Waals surface area contributed by atoms with Crippen LogP contribution in [0.5, 0.6) is 0 Å². The highest BCUT2D eigenvalue weighted by Gasteiger charge is 2.55. The van der Waals surface area contributed by atoms with Crippen molar-refractivity contribution in [3.05, 3.63) is 12.2 Å². The molecule has 2 unspecified atom stereocenters. The number of fused-ring (bicyclic) bond motifs is 1. The molecule has 0 spiro atoms. The Hall–Kier alpha value is -1.61. The molecule has 2 rings (SSSR count). The maximum atomic E-state index is 12.2. The number of carbonyl (C=O) groups excluding carboxylic acids is 1. The minimum atomic E-state index is -1.04. The number of Topliss-reactive ketones (excluding diaryl/α,β-unsaturated/α-hetero) is 1. The summed E-state index contributed by atoms with van der Waals surface area (Å²) in [5.41, 5.74) is -1.61. The van der Waals surface area contributed by atoms with E-state index < -0.39 is 10.8 Å². The highest BCUT2D eigenvalue weighted by Crippen LogP contribution is 2.54. The Morgan fingerprint density at radius 1 is 1.28 bits per heavy atom. The second kappa shape index (κ2) is 4.25. The maximum Gasteiger partial charge on any atom is 0.151 e. The zero-order valence-electron chi connectivity index (χ0n) is 10.9. The van der Waals surface area contributed by atoms with E-state index in [1.807, 2.05) is 19.9 Å². The van der Waals surface area contributed by atoms with Crippen LogP contribution in [0.1, 0.15) is 39.5 Å². The van der Waals surface area contributed by atoms with Crippen molar-refractivity contribution in [2.45, 2.75) is 39.5 Å². The topological polar surface area (TPSA) is 64.7 Å². The lowest BCUT2D eigenvalue weighted by atomic mass is 9.53. The molecule has 3 heteroatoms. The molecule has 2 atom stereocenters. The molecule has 0 aromatic rings. The standard InChI is InChI=1S/C15H18N2O/c1-14(2)12(18)7-6-11-5-3-4-8-15(9-16,10-17)13(11)14/h3-4,11,13H,5-8H2,1-2H3. The van der Waals surface area contributed by atoms with E-state index >= 15 is 0 Å². The quantitative estimate of drug-likeness (QED) is 0.613. The van der Waals surface area contributed by atoms with E-state index in [1.165, 1.54) is 0 Å². The smallest absolute Gasteiger partial charge is 0.151 e. The van der Waals surface area contributed by atoms with Gasteiger partial charge in [-0.05, 0) is 25.2 Å². The van der Waals surface area contributed by atoms with Crippen LogP contribution in [-0.2, 0) is 4.79 Å². The Morgan fingerprint density at radius 2 is 1.94 bits per heavy atom. The summed E-state index contributed by atoms with van der Waals surface area (Å²) >= 11 is 0. The Labute approximate surface area is 108 Å². The molecule has 0 amide bonds. The first-order valence-electron chi connectivity index (χ1n) is 6.49. The fraction of sp³-hybridized carbons (Fsp3) is 0.667. The Kier molecular flexibility index (Phi) is 3.03. The molecule has 2 aliphatic rings. The van der Waals surface area contributed by atoms with Crippen molar-refractivity contribution in [3.8, 4) is 12.1 Å². The summed E-state index contributed by atoms with van der Waals surface area (Å²) in [6.45, 7) is 3.81. The van der Waals surface area contributed by atoms with E-state index in [1.54, 1.807) is 0 Å². The van der Waals surface area contributed by atoms with Crippen LogP contribution < -0.4 is 0 Å². The lowest BCUT2D eigenvalue weighted by Gasteiger charge is -2.46. The fourth-order valence-corrected chi connectivity index (χ4v) is 3.76. The molecule has 0 heterocycles. The number of rotatable bonds is 0. The summed E-state index contributed by atoms with van der Waals surface area (Å²) in [4.78, 5) is 12.2. The van der Waals surface area contributed by atoms with E-state index in [2.05, 4.69) is 18.2 Å². The first kappa shape index (κ1) is 12.8. The van der Waals surface area contributed by atoms with Gasteiger partial charge in [-0.1, -0.05) is 26.0 Å². The average molecular weight is 242 g/mol. The summed E-state index contributed by atoms with van der Waals surface area (Å²) in [6.07, 6.45) is 6.72. The minimum absolute atomic E-state index is 0.156. The van der Waals surface area contributed by atoms with Gasteiger partial charge in [0.2, 0.25) is 0 Å². The normalized spacial score (nSPS) is 32.8. The second-order valence-corrected chi connectivity index (χ2v) is 6.03. The van der Waals surface area contributed by atoms with Crippen molar-refractivity contribution in [2.24, 2.45) is 22.7 Å². The zero-order chi connectivity index (χ0) is 13.4. The van der Waals surface area contributed by atoms with Crippen molar-refractivity contribution < 1.29 is 4.79 Å². The van der Waals surface area contributed by atoms with Crippen molar-refractivity contribution >= 4 is 5.78 Å². The molecular formula is C15H18N2O. The third-order valence-electron chi connectivity index (χ3n) is 4.69. The summed E-state index contributed by atoms with van der Waals surface area (Å²) in [5, 5.41) is 19.0. The lowest BCUT2D eigenvalue weighted by molar-refractivity contribution is -0.138. The minimum Gasteiger partial charge on any atom is -0.299 e. The van der Waals surface area contributed by atoms with Crippen LogP contribution in [0, 0.1) is 45.3 Å². The lowest BCUT2D eigenvalue weighted by Crippen LogP contribution is -2.49. The van der Waals surface area contributed by atoms with Crippen LogP contribution in [0.15, 0.2) is 12.2 Å².